The Morgan fingerprint density at radius 3 is 2.50 bits per heavy atom. The molecule has 2 heterocycles. The lowest BCUT2D eigenvalue weighted by Gasteiger charge is -2.12. The Kier molecular flexibility index (Phi) is 4.86. The second kappa shape index (κ2) is 7.67. The first-order valence-corrected chi connectivity index (χ1v) is 10.5. The normalized spacial score (nSPS) is 11.3. The van der Waals surface area contributed by atoms with Gasteiger partial charge in [-0.2, -0.15) is 0 Å². The fourth-order valence-corrected chi connectivity index (χ4v) is 4.31. The van der Waals surface area contributed by atoms with Crippen molar-refractivity contribution in [2.45, 2.75) is 13.5 Å². The van der Waals surface area contributed by atoms with Gasteiger partial charge in [0.1, 0.15) is 0 Å². The molecule has 0 spiro atoms. The summed E-state index contributed by atoms with van der Waals surface area (Å²) in [6.07, 6.45) is 3.95. The molecular formula is C25H19Cl2N3. The molecule has 3 aromatic carbocycles. The standard InChI is InChI=1S/C25H19Cl2N3/c1-16-11-19(26)8-7-18(16)14-30-15-29-24(17-5-3-2-4-6-17)25(30)22-13-28-23-12-20(27)9-10-21(22)23/h2-13,15,28H,14H2,1H3. The molecule has 0 saturated carbocycles. The first-order chi connectivity index (χ1) is 14.6. The van der Waals surface area contributed by atoms with E-state index in [-0.39, 0.29) is 0 Å². The Balaban J connectivity index is 1.71. The minimum atomic E-state index is 0.707. The molecule has 0 aliphatic rings. The second-order valence-corrected chi connectivity index (χ2v) is 8.27. The zero-order chi connectivity index (χ0) is 20.7. The van der Waals surface area contributed by atoms with Crippen molar-refractivity contribution in [1.82, 2.24) is 14.5 Å². The van der Waals surface area contributed by atoms with Crippen LogP contribution in [0.25, 0.3) is 33.4 Å². The number of nitrogens with zero attached hydrogens (tertiary/aromatic N) is 2. The van der Waals surface area contributed by atoms with E-state index in [2.05, 4.69) is 40.7 Å². The minimum Gasteiger partial charge on any atom is -0.360 e. The molecule has 0 bridgehead atoms. The molecule has 0 aliphatic carbocycles. The van der Waals surface area contributed by atoms with E-state index in [0.717, 1.165) is 44.0 Å². The largest absolute Gasteiger partial charge is 0.360 e. The number of aryl methyl sites for hydroxylation is 1. The van der Waals surface area contributed by atoms with Gasteiger partial charge in [-0.1, -0.05) is 65.7 Å². The molecule has 148 valence electrons. The van der Waals surface area contributed by atoms with E-state index in [1.165, 1.54) is 5.56 Å². The van der Waals surface area contributed by atoms with Gasteiger partial charge in [-0.15, -0.1) is 0 Å². The predicted octanol–water partition coefficient (Wildman–Crippen LogP) is 7.36. The number of benzene rings is 3. The summed E-state index contributed by atoms with van der Waals surface area (Å²) in [6, 6.07) is 22.2. The van der Waals surface area contributed by atoms with Crippen LogP contribution >= 0.6 is 23.2 Å². The maximum atomic E-state index is 6.20. The third-order valence-electron chi connectivity index (χ3n) is 5.43. The fraction of sp³-hybridized carbons (Fsp3) is 0.0800. The number of aromatic nitrogens is 3. The van der Waals surface area contributed by atoms with Crippen LogP contribution in [0.5, 0.6) is 0 Å². The number of hydrogen-bond acceptors (Lipinski definition) is 1. The zero-order valence-corrected chi connectivity index (χ0v) is 17.9. The van der Waals surface area contributed by atoms with Crippen molar-refractivity contribution in [3.8, 4) is 22.5 Å². The van der Waals surface area contributed by atoms with E-state index in [9.17, 15) is 0 Å². The summed E-state index contributed by atoms with van der Waals surface area (Å²) in [5, 5.41) is 2.58. The van der Waals surface area contributed by atoms with Gasteiger partial charge in [0.2, 0.25) is 0 Å². The molecule has 5 heteroatoms. The molecule has 1 N–H and O–H groups in total. The van der Waals surface area contributed by atoms with E-state index >= 15 is 0 Å². The SMILES string of the molecule is Cc1cc(Cl)ccc1Cn1cnc(-c2ccccc2)c1-c1c[nH]c2cc(Cl)ccc12. The molecule has 3 nitrogen and oxygen atoms in total. The van der Waals surface area contributed by atoms with Crippen molar-refractivity contribution < 1.29 is 0 Å². The Morgan fingerprint density at radius 1 is 0.933 bits per heavy atom. The topological polar surface area (TPSA) is 33.6 Å². The number of nitrogens with one attached hydrogen (secondary N) is 1. The van der Waals surface area contributed by atoms with Crippen LogP contribution in [0.1, 0.15) is 11.1 Å². The van der Waals surface area contributed by atoms with Gasteiger partial charge in [-0.25, -0.2) is 4.98 Å². The lowest BCUT2D eigenvalue weighted by Crippen LogP contribution is -2.02. The van der Waals surface area contributed by atoms with Gasteiger partial charge < -0.3 is 9.55 Å². The molecule has 0 atom stereocenters. The van der Waals surface area contributed by atoms with E-state index in [0.29, 0.717) is 11.6 Å². The van der Waals surface area contributed by atoms with Gasteiger partial charge in [0.25, 0.3) is 0 Å². The van der Waals surface area contributed by atoms with E-state index in [1.807, 2.05) is 55.0 Å². The summed E-state index contributed by atoms with van der Waals surface area (Å²) in [4.78, 5) is 8.17. The summed E-state index contributed by atoms with van der Waals surface area (Å²) >= 11 is 12.4. The van der Waals surface area contributed by atoms with Crippen LogP contribution in [0.4, 0.5) is 0 Å². The number of rotatable bonds is 4. The maximum absolute atomic E-state index is 6.20. The lowest BCUT2D eigenvalue weighted by atomic mass is 10.0. The van der Waals surface area contributed by atoms with Crippen LogP contribution in [0.15, 0.2) is 79.3 Å². The van der Waals surface area contributed by atoms with Crippen LogP contribution in [0.3, 0.4) is 0 Å². The number of halogens is 2. The molecule has 2 aromatic heterocycles. The smallest absolute Gasteiger partial charge is 0.0964 e. The number of imidazole rings is 1. The van der Waals surface area contributed by atoms with Gasteiger partial charge >= 0.3 is 0 Å². The lowest BCUT2D eigenvalue weighted by molar-refractivity contribution is 0.800. The number of aromatic amines is 1. The minimum absolute atomic E-state index is 0.707. The second-order valence-electron chi connectivity index (χ2n) is 7.40. The number of fused-ring (bicyclic) bond motifs is 1. The zero-order valence-electron chi connectivity index (χ0n) is 16.4. The van der Waals surface area contributed by atoms with Crippen LogP contribution < -0.4 is 0 Å². The summed E-state index contributed by atoms with van der Waals surface area (Å²) in [6.45, 7) is 2.79. The first kappa shape index (κ1) is 19.0. The highest BCUT2D eigenvalue weighted by Crippen LogP contribution is 2.37. The molecule has 0 unspecified atom stereocenters. The van der Waals surface area contributed by atoms with Crippen molar-refractivity contribution in [3.63, 3.8) is 0 Å². The van der Waals surface area contributed by atoms with Crippen LogP contribution in [0, 0.1) is 6.92 Å². The van der Waals surface area contributed by atoms with Crippen molar-refractivity contribution >= 4 is 34.1 Å². The van der Waals surface area contributed by atoms with E-state index in [1.54, 1.807) is 0 Å². The first-order valence-electron chi connectivity index (χ1n) is 9.73. The van der Waals surface area contributed by atoms with Crippen molar-refractivity contribution in [1.29, 1.82) is 0 Å². The third-order valence-corrected chi connectivity index (χ3v) is 5.90. The fourth-order valence-electron chi connectivity index (χ4n) is 3.91. The van der Waals surface area contributed by atoms with Gasteiger partial charge in [0.05, 0.1) is 17.7 Å². The van der Waals surface area contributed by atoms with Gasteiger partial charge in [0.15, 0.2) is 0 Å². The molecule has 5 rings (SSSR count). The predicted molar refractivity (Wildman–Crippen MR) is 125 cm³/mol. The van der Waals surface area contributed by atoms with Crippen LogP contribution in [-0.4, -0.2) is 14.5 Å². The van der Waals surface area contributed by atoms with Crippen molar-refractivity contribution in [2.24, 2.45) is 0 Å². The number of hydrogen-bond donors (Lipinski definition) is 1. The third kappa shape index (κ3) is 3.41. The van der Waals surface area contributed by atoms with Crippen LogP contribution in [0.2, 0.25) is 10.0 Å². The highest BCUT2D eigenvalue weighted by Gasteiger charge is 2.19. The molecule has 0 aliphatic heterocycles. The quantitative estimate of drug-likeness (QED) is 0.316. The Hall–Kier alpha value is -3.01. The molecular weight excluding hydrogens is 413 g/mol. The van der Waals surface area contributed by atoms with E-state index in [4.69, 9.17) is 28.2 Å². The summed E-state index contributed by atoms with van der Waals surface area (Å²) < 4.78 is 2.20. The molecule has 5 aromatic rings. The molecule has 0 radical (unpaired) electrons. The average Bonchev–Trinajstić information content (AvgIpc) is 3.34. The molecule has 0 saturated heterocycles. The molecule has 0 fully saturated rings. The highest BCUT2D eigenvalue weighted by molar-refractivity contribution is 6.31. The van der Waals surface area contributed by atoms with Gasteiger partial charge in [0, 0.05) is 44.8 Å². The van der Waals surface area contributed by atoms with Crippen molar-refractivity contribution in [3.05, 3.63) is 100 Å². The summed E-state index contributed by atoms with van der Waals surface area (Å²) in [5.41, 5.74) is 7.59. The summed E-state index contributed by atoms with van der Waals surface area (Å²) in [5.74, 6) is 0. The highest BCUT2D eigenvalue weighted by atomic mass is 35.5. The Bertz CT molecular complexity index is 1350. The maximum Gasteiger partial charge on any atom is 0.0964 e. The summed E-state index contributed by atoms with van der Waals surface area (Å²) in [7, 11) is 0. The molecule has 30 heavy (non-hydrogen) atoms. The Morgan fingerprint density at radius 2 is 1.70 bits per heavy atom. The number of H-pyrrole nitrogens is 1. The van der Waals surface area contributed by atoms with Crippen LogP contribution in [-0.2, 0) is 6.54 Å². The van der Waals surface area contributed by atoms with E-state index < -0.39 is 0 Å². The monoisotopic (exact) mass is 431 g/mol. The van der Waals surface area contributed by atoms with Gasteiger partial charge in [-0.3, -0.25) is 0 Å². The van der Waals surface area contributed by atoms with Gasteiger partial charge in [-0.05, 0) is 42.3 Å². The van der Waals surface area contributed by atoms with Crippen molar-refractivity contribution in [2.75, 3.05) is 0 Å². The Labute approximate surface area is 184 Å². The molecule has 0 amide bonds. The average molecular weight is 432 g/mol.